The monoisotopic (exact) mass is 321 g/mol. The van der Waals surface area contributed by atoms with Crippen molar-refractivity contribution in [1.29, 1.82) is 0 Å². The summed E-state index contributed by atoms with van der Waals surface area (Å²) in [4.78, 5) is 11.2. The van der Waals surface area contributed by atoms with E-state index in [0.717, 1.165) is 17.2 Å². The van der Waals surface area contributed by atoms with Crippen molar-refractivity contribution >= 4 is 40.4 Å². The Kier molecular flexibility index (Phi) is 3.70. The van der Waals surface area contributed by atoms with E-state index in [1.807, 2.05) is 4.57 Å². The second-order valence-electron chi connectivity index (χ2n) is 4.73. The summed E-state index contributed by atoms with van der Waals surface area (Å²) in [5.41, 5.74) is 2.02. The average molecular weight is 322 g/mol. The first-order valence-electron chi connectivity index (χ1n) is 6.26. The number of aromatic nitrogens is 1. The standard InChI is InChI=1S/C16H10Cl2FNO/c17-12-1-3-14-11(9-21)8-20(16(14)6-12)7-10-5-13(19)2-4-15(10)18/h1-6,8-9H,7H2. The summed E-state index contributed by atoms with van der Waals surface area (Å²) in [7, 11) is 0. The molecule has 21 heavy (non-hydrogen) atoms. The fraction of sp³-hybridized carbons (Fsp3) is 0.0625. The van der Waals surface area contributed by atoms with Gasteiger partial charge in [0.05, 0.1) is 5.52 Å². The van der Waals surface area contributed by atoms with Crippen LogP contribution in [0.4, 0.5) is 4.39 Å². The average Bonchev–Trinajstić information content (AvgIpc) is 2.80. The van der Waals surface area contributed by atoms with Gasteiger partial charge >= 0.3 is 0 Å². The predicted octanol–water partition coefficient (Wildman–Crippen LogP) is 4.95. The zero-order valence-electron chi connectivity index (χ0n) is 10.8. The van der Waals surface area contributed by atoms with Crippen molar-refractivity contribution in [2.75, 3.05) is 0 Å². The van der Waals surface area contributed by atoms with Crippen LogP contribution in [-0.4, -0.2) is 10.9 Å². The molecule has 0 radical (unpaired) electrons. The third-order valence-corrected chi connectivity index (χ3v) is 3.95. The molecule has 0 spiro atoms. The number of benzene rings is 2. The highest BCUT2D eigenvalue weighted by Gasteiger charge is 2.10. The van der Waals surface area contributed by atoms with E-state index in [1.165, 1.54) is 18.2 Å². The number of hydrogen-bond donors (Lipinski definition) is 0. The molecule has 1 heterocycles. The van der Waals surface area contributed by atoms with Crippen LogP contribution in [-0.2, 0) is 6.54 Å². The van der Waals surface area contributed by atoms with Gasteiger partial charge in [-0.1, -0.05) is 29.3 Å². The summed E-state index contributed by atoms with van der Waals surface area (Å²) in [5, 5.41) is 1.86. The highest BCUT2D eigenvalue weighted by atomic mass is 35.5. The lowest BCUT2D eigenvalue weighted by atomic mass is 10.2. The van der Waals surface area contributed by atoms with Gasteiger partial charge in [0.15, 0.2) is 6.29 Å². The van der Waals surface area contributed by atoms with Gasteiger partial charge in [-0.25, -0.2) is 4.39 Å². The quantitative estimate of drug-likeness (QED) is 0.626. The smallest absolute Gasteiger partial charge is 0.152 e. The van der Waals surface area contributed by atoms with Crippen LogP contribution in [0, 0.1) is 5.82 Å². The number of carbonyl (C=O) groups excluding carboxylic acids is 1. The van der Waals surface area contributed by atoms with Crippen LogP contribution in [0.25, 0.3) is 10.9 Å². The first-order chi connectivity index (χ1) is 10.1. The first-order valence-corrected chi connectivity index (χ1v) is 7.01. The lowest BCUT2D eigenvalue weighted by molar-refractivity contribution is 0.112. The summed E-state index contributed by atoms with van der Waals surface area (Å²) in [6, 6.07) is 9.52. The van der Waals surface area contributed by atoms with Crippen LogP contribution in [0.1, 0.15) is 15.9 Å². The minimum absolute atomic E-state index is 0.348. The number of aldehydes is 1. The molecule has 3 rings (SSSR count). The lowest BCUT2D eigenvalue weighted by Crippen LogP contribution is -1.99. The molecule has 0 atom stereocenters. The van der Waals surface area contributed by atoms with Crippen LogP contribution in [0.15, 0.2) is 42.6 Å². The van der Waals surface area contributed by atoms with Crippen molar-refractivity contribution in [2.45, 2.75) is 6.54 Å². The molecule has 0 amide bonds. The van der Waals surface area contributed by atoms with Gasteiger partial charge in [0.25, 0.3) is 0 Å². The van der Waals surface area contributed by atoms with Crippen molar-refractivity contribution in [3.8, 4) is 0 Å². The predicted molar refractivity (Wildman–Crippen MR) is 82.8 cm³/mol. The number of fused-ring (bicyclic) bond motifs is 1. The van der Waals surface area contributed by atoms with E-state index < -0.39 is 0 Å². The zero-order chi connectivity index (χ0) is 15.0. The van der Waals surface area contributed by atoms with E-state index in [1.54, 1.807) is 24.4 Å². The van der Waals surface area contributed by atoms with Crippen molar-refractivity contribution < 1.29 is 9.18 Å². The number of carbonyl (C=O) groups is 1. The van der Waals surface area contributed by atoms with E-state index in [9.17, 15) is 9.18 Å². The Morgan fingerprint density at radius 2 is 1.95 bits per heavy atom. The maximum absolute atomic E-state index is 13.4. The third kappa shape index (κ3) is 2.67. The van der Waals surface area contributed by atoms with Gasteiger partial charge in [-0.15, -0.1) is 0 Å². The van der Waals surface area contributed by atoms with Crippen molar-refractivity contribution in [1.82, 2.24) is 4.57 Å². The summed E-state index contributed by atoms with van der Waals surface area (Å²) in [5.74, 6) is -0.348. The van der Waals surface area contributed by atoms with E-state index >= 15 is 0 Å². The van der Waals surface area contributed by atoms with Gasteiger partial charge in [0.2, 0.25) is 0 Å². The molecule has 106 valence electrons. The highest BCUT2D eigenvalue weighted by molar-refractivity contribution is 6.31. The lowest BCUT2D eigenvalue weighted by Gasteiger charge is -2.08. The molecule has 0 saturated heterocycles. The Hall–Kier alpha value is -1.84. The molecule has 0 bridgehead atoms. The molecule has 1 aromatic heterocycles. The highest BCUT2D eigenvalue weighted by Crippen LogP contribution is 2.26. The molecule has 0 saturated carbocycles. The summed E-state index contributed by atoms with van der Waals surface area (Å²) >= 11 is 12.1. The molecule has 3 aromatic rings. The Labute approximate surface area is 130 Å². The number of hydrogen-bond acceptors (Lipinski definition) is 1. The summed E-state index contributed by atoms with van der Waals surface area (Å²) < 4.78 is 15.2. The Morgan fingerprint density at radius 3 is 2.71 bits per heavy atom. The number of nitrogens with zero attached hydrogens (tertiary/aromatic N) is 1. The second-order valence-corrected chi connectivity index (χ2v) is 5.57. The van der Waals surface area contributed by atoms with Crippen LogP contribution in [0.3, 0.4) is 0 Å². The second kappa shape index (κ2) is 5.51. The SMILES string of the molecule is O=Cc1cn(Cc2cc(F)ccc2Cl)c2cc(Cl)ccc12. The largest absolute Gasteiger partial charge is 0.342 e. The molecule has 0 aliphatic rings. The van der Waals surface area contributed by atoms with Crippen molar-refractivity contribution in [2.24, 2.45) is 0 Å². The zero-order valence-corrected chi connectivity index (χ0v) is 12.3. The van der Waals surface area contributed by atoms with Crippen LogP contribution in [0.5, 0.6) is 0 Å². The molecule has 0 fully saturated rings. The molecule has 0 aliphatic carbocycles. The fourth-order valence-electron chi connectivity index (χ4n) is 2.37. The van der Waals surface area contributed by atoms with E-state index in [2.05, 4.69) is 0 Å². The number of halogens is 3. The van der Waals surface area contributed by atoms with Crippen LogP contribution < -0.4 is 0 Å². The topological polar surface area (TPSA) is 22.0 Å². The maximum atomic E-state index is 13.4. The Bertz CT molecular complexity index is 842. The maximum Gasteiger partial charge on any atom is 0.152 e. The van der Waals surface area contributed by atoms with Gasteiger partial charge in [0, 0.05) is 33.7 Å². The van der Waals surface area contributed by atoms with Crippen molar-refractivity contribution in [3.63, 3.8) is 0 Å². The van der Waals surface area contributed by atoms with Gasteiger partial charge in [-0.2, -0.15) is 0 Å². The molecule has 0 aliphatic heterocycles. The minimum Gasteiger partial charge on any atom is -0.342 e. The van der Waals surface area contributed by atoms with Gasteiger partial charge in [0.1, 0.15) is 5.82 Å². The molecule has 0 unspecified atom stereocenters. The first kappa shape index (κ1) is 14.1. The normalized spacial score (nSPS) is 11.0. The van der Waals surface area contributed by atoms with E-state index in [0.29, 0.717) is 27.7 Å². The summed E-state index contributed by atoms with van der Waals surface area (Å²) in [6.45, 7) is 0.362. The van der Waals surface area contributed by atoms with Crippen molar-refractivity contribution in [3.05, 3.63) is 69.6 Å². The van der Waals surface area contributed by atoms with Crippen LogP contribution in [0.2, 0.25) is 10.0 Å². The van der Waals surface area contributed by atoms with Gasteiger partial charge in [-0.05, 0) is 35.9 Å². The Balaban J connectivity index is 2.14. The summed E-state index contributed by atoms with van der Waals surface area (Å²) in [6.07, 6.45) is 2.51. The molecule has 0 N–H and O–H groups in total. The Morgan fingerprint density at radius 1 is 1.14 bits per heavy atom. The van der Waals surface area contributed by atoms with Crippen LogP contribution >= 0.6 is 23.2 Å². The molecular formula is C16H10Cl2FNO. The third-order valence-electron chi connectivity index (χ3n) is 3.35. The minimum atomic E-state index is -0.348. The number of rotatable bonds is 3. The van der Waals surface area contributed by atoms with Gasteiger partial charge < -0.3 is 4.57 Å². The molecular weight excluding hydrogens is 312 g/mol. The van der Waals surface area contributed by atoms with Gasteiger partial charge in [-0.3, -0.25) is 4.79 Å². The molecule has 2 aromatic carbocycles. The molecule has 2 nitrogen and oxygen atoms in total. The van der Waals surface area contributed by atoms with E-state index in [4.69, 9.17) is 23.2 Å². The van der Waals surface area contributed by atoms with E-state index in [-0.39, 0.29) is 5.82 Å². The fourth-order valence-corrected chi connectivity index (χ4v) is 2.71. The molecule has 5 heteroatoms.